The van der Waals surface area contributed by atoms with E-state index in [4.69, 9.17) is 5.73 Å². The molecule has 0 aliphatic carbocycles. The Kier molecular flexibility index (Phi) is 3.00. The summed E-state index contributed by atoms with van der Waals surface area (Å²) >= 11 is 0. The van der Waals surface area contributed by atoms with E-state index in [9.17, 15) is 9.59 Å². The lowest BCUT2D eigenvalue weighted by atomic mass is 10.1. The predicted octanol–water partition coefficient (Wildman–Crippen LogP) is -1.11. The summed E-state index contributed by atoms with van der Waals surface area (Å²) in [6.45, 7) is 4.39. The lowest BCUT2D eigenvalue weighted by molar-refractivity contribution is -0.130. The average molecular weight is 159 g/mol. The number of carbonyl (C=O) groups excluding carboxylic acids is 2. The molecule has 5 heteroatoms. The largest absolute Gasteiger partial charge is 0.318 e. The number of hydrogen-bond donors (Lipinski definition) is 3. The summed E-state index contributed by atoms with van der Waals surface area (Å²) in [6.07, 6.45) is 0. The van der Waals surface area contributed by atoms with Gasteiger partial charge in [0.05, 0.1) is 5.54 Å². The number of carbonyl (C=O) groups is 2. The molecule has 64 valence electrons. The summed E-state index contributed by atoms with van der Waals surface area (Å²) in [4.78, 5) is 21.2. The highest BCUT2D eigenvalue weighted by atomic mass is 16.2. The highest BCUT2D eigenvalue weighted by molar-refractivity contribution is 5.87. The first-order valence-electron chi connectivity index (χ1n) is 3.20. The Morgan fingerprint density at radius 3 is 2.00 bits per heavy atom. The number of hydrazine groups is 1. The van der Waals surface area contributed by atoms with Gasteiger partial charge in [-0.15, -0.1) is 0 Å². The monoisotopic (exact) mass is 159 g/mol. The third-order valence-electron chi connectivity index (χ3n) is 0.937. The maximum Gasteiger partial charge on any atom is 0.257 e. The van der Waals surface area contributed by atoms with Crippen molar-refractivity contribution in [1.29, 1.82) is 0 Å². The van der Waals surface area contributed by atoms with Crippen LogP contribution in [0.1, 0.15) is 20.8 Å². The van der Waals surface area contributed by atoms with Crippen LogP contribution in [0.3, 0.4) is 0 Å². The van der Waals surface area contributed by atoms with E-state index in [1.807, 2.05) is 0 Å². The van der Waals surface area contributed by atoms with Gasteiger partial charge in [0.2, 0.25) is 5.91 Å². The molecule has 0 aromatic rings. The maximum atomic E-state index is 10.9. The molecule has 0 aliphatic rings. The number of nitrogens with two attached hydrogens (primary N) is 1. The second-order valence-electron chi connectivity index (χ2n) is 2.86. The number of hydrogen-bond acceptors (Lipinski definition) is 3. The van der Waals surface area contributed by atoms with Crippen molar-refractivity contribution in [2.75, 3.05) is 0 Å². The van der Waals surface area contributed by atoms with Gasteiger partial charge >= 0.3 is 0 Å². The first kappa shape index (κ1) is 9.90. The summed E-state index contributed by atoms with van der Waals surface area (Å²) < 4.78 is 0. The van der Waals surface area contributed by atoms with Gasteiger partial charge < -0.3 is 5.73 Å². The molecule has 0 saturated heterocycles. The van der Waals surface area contributed by atoms with Crippen molar-refractivity contribution in [2.45, 2.75) is 26.3 Å². The predicted molar refractivity (Wildman–Crippen MR) is 40.2 cm³/mol. The Balaban J connectivity index is 3.80. The fourth-order valence-electron chi connectivity index (χ4n) is 0.306. The molecule has 4 N–H and O–H groups in total. The molecular formula is C6H13N3O2. The van der Waals surface area contributed by atoms with Gasteiger partial charge in [0.25, 0.3) is 5.91 Å². The standard InChI is InChI=1S/C6H13N3O2/c1-4(10)8-9-5(11)6(2,3)7/h7H2,1-3H3,(H,8,10)(H,9,11). The van der Waals surface area contributed by atoms with E-state index < -0.39 is 11.4 Å². The highest BCUT2D eigenvalue weighted by Gasteiger charge is 2.21. The highest BCUT2D eigenvalue weighted by Crippen LogP contribution is 1.93. The molecule has 0 spiro atoms. The molecule has 0 heterocycles. The van der Waals surface area contributed by atoms with Crippen molar-refractivity contribution in [3.05, 3.63) is 0 Å². The van der Waals surface area contributed by atoms with Gasteiger partial charge in [0, 0.05) is 6.92 Å². The zero-order chi connectivity index (χ0) is 9.07. The smallest absolute Gasteiger partial charge is 0.257 e. The molecule has 0 bridgehead atoms. The van der Waals surface area contributed by atoms with E-state index in [1.165, 1.54) is 6.92 Å². The quantitative estimate of drug-likeness (QED) is 0.424. The fourth-order valence-corrected chi connectivity index (χ4v) is 0.306. The van der Waals surface area contributed by atoms with Crippen LogP contribution in [0.15, 0.2) is 0 Å². The third kappa shape index (κ3) is 4.32. The topological polar surface area (TPSA) is 84.2 Å². The van der Waals surface area contributed by atoms with Crippen LogP contribution in [0.25, 0.3) is 0 Å². The van der Waals surface area contributed by atoms with E-state index in [0.717, 1.165) is 0 Å². The van der Waals surface area contributed by atoms with Crippen molar-refractivity contribution >= 4 is 11.8 Å². The van der Waals surface area contributed by atoms with Crippen LogP contribution in [0.2, 0.25) is 0 Å². The molecule has 0 aromatic carbocycles. The Labute approximate surface area is 65.3 Å². The summed E-state index contributed by atoms with van der Waals surface area (Å²) in [5, 5.41) is 0. The first-order chi connectivity index (χ1) is 4.84. The zero-order valence-corrected chi connectivity index (χ0v) is 6.89. The van der Waals surface area contributed by atoms with Crippen molar-refractivity contribution in [3.63, 3.8) is 0 Å². The van der Waals surface area contributed by atoms with Gasteiger partial charge in [0.1, 0.15) is 0 Å². The van der Waals surface area contributed by atoms with Crippen molar-refractivity contribution in [3.8, 4) is 0 Å². The summed E-state index contributed by atoms with van der Waals surface area (Å²) in [5.41, 5.74) is 8.72. The number of rotatable bonds is 1. The van der Waals surface area contributed by atoms with E-state index in [-0.39, 0.29) is 5.91 Å². The van der Waals surface area contributed by atoms with Gasteiger partial charge in [-0.25, -0.2) is 0 Å². The van der Waals surface area contributed by atoms with Gasteiger partial charge in [-0.3, -0.25) is 20.4 Å². The molecule has 0 atom stereocenters. The molecule has 0 radical (unpaired) electrons. The molecule has 0 aromatic heterocycles. The van der Waals surface area contributed by atoms with Crippen LogP contribution >= 0.6 is 0 Å². The fraction of sp³-hybridized carbons (Fsp3) is 0.667. The van der Waals surface area contributed by atoms with Crippen LogP contribution in [0.5, 0.6) is 0 Å². The van der Waals surface area contributed by atoms with Gasteiger partial charge in [-0.2, -0.15) is 0 Å². The summed E-state index contributed by atoms with van der Waals surface area (Å²) in [6, 6.07) is 0. The maximum absolute atomic E-state index is 10.9. The SMILES string of the molecule is CC(=O)NNC(=O)C(C)(C)N. The van der Waals surface area contributed by atoms with Crippen LogP contribution in [-0.4, -0.2) is 17.4 Å². The van der Waals surface area contributed by atoms with Gasteiger partial charge in [0.15, 0.2) is 0 Å². The molecular weight excluding hydrogens is 146 g/mol. The van der Waals surface area contributed by atoms with Crippen LogP contribution in [0, 0.1) is 0 Å². The zero-order valence-electron chi connectivity index (χ0n) is 6.89. The minimum atomic E-state index is -0.970. The Bertz CT molecular complexity index is 171. The van der Waals surface area contributed by atoms with E-state index in [1.54, 1.807) is 13.8 Å². The number of amides is 2. The van der Waals surface area contributed by atoms with Crippen LogP contribution in [0.4, 0.5) is 0 Å². The van der Waals surface area contributed by atoms with Gasteiger partial charge in [-0.1, -0.05) is 0 Å². The number of nitrogens with one attached hydrogen (secondary N) is 2. The average Bonchev–Trinajstić information content (AvgIpc) is 1.80. The Morgan fingerprint density at radius 1 is 1.27 bits per heavy atom. The second-order valence-corrected chi connectivity index (χ2v) is 2.86. The Morgan fingerprint density at radius 2 is 1.73 bits per heavy atom. The lowest BCUT2D eigenvalue weighted by Gasteiger charge is -2.17. The molecule has 0 saturated carbocycles. The normalized spacial score (nSPS) is 10.5. The minimum Gasteiger partial charge on any atom is -0.318 e. The molecule has 0 fully saturated rings. The van der Waals surface area contributed by atoms with E-state index >= 15 is 0 Å². The van der Waals surface area contributed by atoms with Crippen molar-refractivity contribution in [1.82, 2.24) is 10.9 Å². The van der Waals surface area contributed by atoms with Crippen LogP contribution in [-0.2, 0) is 9.59 Å². The van der Waals surface area contributed by atoms with Gasteiger partial charge in [-0.05, 0) is 13.8 Å². The van der Waals surface area contributed by atoms with E-state index in [2.05, 4.69) is 10.9 Å². The lowest BCUT2D eigenvalue weighted by Crippen LogP contribution is -2.54. The summed E-state index contributed by atoms with van der Waals surface area (Å²) in [7, 11) is 0. The molecule has 0 aliphatic heterocycles. The molecule has 0 unspecified atom stereocenters. The third-order valence-corrected chi connectivity index (χ3v) is 0.937. The summed E-state index contributed by atoms with van der Waals surface area (Å²) in [5.74, 6) is -0.754. The Hall–Kier alpha value is -1.10. The minimum absolute atomic E-state index is 0.331. The molecule has 11 heavy (non-hydrogen) atoms. The molecule has 2 amide bonds. The molecule has 0 rings (SSSR count). The van der Waals surface area contributed by atoms with Crippen molar-refractivity contribution < 1.29 is 9.59 Å². The first-order valence-corrected chi connectivity index (χ1v) is 3.20. The van der Waals surface area contributed by atoms with Crippen molar-refractivity contribution in [2.24, 2.45) is 5.73 Å². The van der Waals surface area contributed by atoms with Crippen LogP contribution < -0.4 is 16.6 Å². The van der Waals surface area contributed by atoms with E-state index in [0.29, 0.717) is 0 Å². The second kappa shape index (κ2) is 3.34. The molecule has 5 nitrogen and oxygen atoms in total.